The zero-order chi connectivity index (χ0) is 14.7. The van der Waals surface area contributed by atoms with Crippen LogP contribution in [0.25, 0.3) is 0 Å². The van der Waals surface area contributed by atoms with Crippen LogP contribution in [0.1, 0.15) is 29.7 Å². The molecule has 0 saturated heterocycles. The van der Waals surface area contributed by atoms with Gasteiger partial charge < -0.3 is 10.1 Å². The predicted molar refractivity (Wildman–Crippen MR) is 86.7 cm³/mol. The molecule has 2 atom stereocenters. The third kappa shape index (κ3) is 3.11. The van der Waals surface area contributed by atoms with Gasteiger partial charge in [0.05, 0.1) is 6.61 Å². The van der Waals surface area contributed by atoms with Crippen molar-refractivity contribution in [2.75, 3.05) is 13.2 Å². The van der Waals surface area contributed by atoms with Crippen molar-refractivity contribution in [1.82, 2.24) is 5.32 Å². The normalized spacial score (nSPS) is 18.7. The minimum absolute atomic E-state index is 0.351. The molecule has 2 nitrogen and oxygen atoms in total. The number of hydrogen-bond donors (Lipinski definition) is 1. The monoisotopic (exact) mass is 281 g/mol. The van der Waals surface area contributed by atoms with Gasteiger partial charge in [0.1, 0.15) is 5.75 Å². The van der Waals surface area contributed by atoms with E-state index in [-0.39, 0.29) is 0 Å². The largest absolute Gasteiger partial charge is 0.493 e. The van der Waals surface area contributed by atoms with E-state index in [1.165, 1.54) is 16.7 Å². The van der Waals surface area contributed by atoms with Crippen LogP contribution in [0.4, 0.5) is 0 Å². The van der Waals surface area contributed by atoms with Crippen LogP contribution in [-0.2, 0) is 6.42 Å². The molecule has 0 radical (unpaired) electrons. The summed E-state index contributed by atoms with van der Waals surface area (Å²) in [6.45, 7) is 6.05. The number of para-hydroxylation sites is 1. The summed E-state index contributed by atoms with van der Waals surface area (Å²) in [6.07, 6.45) is 1.07. The second kappa shape index (κ2) is 6.31. The molecule has 110 valence electrons. The molecule has 0 amide bonds. The number of rotatable bonds is 4. The smallest absolute Gasteiger partial charge is 0.122 e. The standard InChI is InChI=1S/C19H23NO/c1-3-20-19(15-10-8-14(2)9-11-15)17-12-16-6-4-5-7-18(16)21-13-17/h4-11,17,19-20H,3,12-13H2,1-2H3. The molecule has 0 spiro atoms. The Bertz CT molecular complexity index is 591. The Hall–Kier alpha value is -1.80. The van der Waals surface area contributed by atoms with Crippen molar-refractivity contribution >= 4 is 0 Å². The van der Waals surface area contributed by atoms with Crippen LogP contribution in [0.3, 0.4) is 0 Å². The molecule has 1 heterocycles. The fourth-order valence-corrected chi connectivity index (χ4v) is 3.12. The maximum Gasteiger partial charge on any atom is 0.122 e. The lowest BCUT2D eigenvalue weighted by Crippen LogP contribution is -2.35. The highest BCUT2D eigenvalue weighted by molar-refractivity contribution is 5.36. The lowest BCUT2D eigenvalue weighted by molar-refractivity contribution is 0.185. The molecule has 2 heteroatoms. The van der Waals surface area contributed by atoms with Crippen LogP contribution in [0.15, 0.2) is 48.5 Å². The third-order valence-corrected chi connectivity index (χ3v) is 4.24. The lowest BCUT2D eigenvalue weighted by Gasteiger charge is -2.32. The molecule has 0 saturated carbocycles. The highest BCUT2D eigenvalue weighted by atomic mass is 16.5. The van der Waals surface area contributed by atoms with Gasteiger partial charge in [0.2, 0.25) is 0 Å². The molecule has 1 N–H and O–H groups in total. The maximum atomic E-state index is 5.97. The van der Waals surface area contributed by atoms with Crippen LogP contribution in [0.2, 0.25) is 0 Å². The molecule has 2 aromatic carbocycles. The molecule has 2 aromatic rings. The van der Waals surface area contributed by atoms with Crippen molar-refractivity contribution in [3.8, 4) is 5.75 Å². The highest BCUT2D eigenvalue weighted by Crippen LogP contribution is 2.33. The van der Waals surface area contributed by atoms with Gasteiger partial charge in [-0.2, -0.15) is 0 Å². The Balaban J connectivity index is 1.83. The quantitative estimate of drug-likeness (QED) is 0.918. The van der Waals surface area contributed by atoms with Crippen molar-refractivity contribution in [3.63, 3.8) is 0 Å². The number of fused-ring (bicyclic) bond motifs is 1. The van der Waals surface area contributed by atoms with Gasteiger partial charge in [-0.15, -0.1) is 0 Å². The van der Waals surface area contributed by atoms with E-state index in [0.717, 1.165) is 25.3 Å². The Kier molecular flexibility index (Phi) is 4.26. The summed E-state index contributed by atoms with van der Waals surface area (Å²) >= 11 is 0. The number of hydrogen-bond acceptors (Lipinski definition) is 2. The van der Waals surface area contributed by atoms with Crippen LogP contribution in [0.5, 0.6) is 5.75 Å². The Morgan fingerprint density at radius 1 is 1.14 bits per heavy atom. The average molecular weight is 281 g/mol. The number of benzene rings is 2. The number of aryl methyl sites for hydroxylation is 1. The van der Waals surface area contributed by atoms with E-state index in [2.05, 4.69) is 61.6 Å². The fourth-order valence-electron chi connectivity index (χ4n) is 3.12. The van der Waals surface area contributed by atoms with Gasteiger partial charge in [-0.1, -0.05) is 55.0 Å². The number of nitrogens with one attached hydrogen (secondary N) is 1. The summed E-state index contributed by atoms with van der Waals surface area (Å²) in [5.74, 6) is 1.52. The SMILES string of the molecule is CCNC(c1ccc(C)cc1)C1COc2ccccc2C1. The summed E-state index contributed by atoms with van der Waals surface area (Å²) in [5, 5.41) is 3.64. The van der Waals surface area contributed by atoms with Crippen LogP contribution >= 0.6 is 0 Å². The van der Waals surface area contributed by atoms with Crippen molar-refractivity contribution in [3.05, 3.63) is 65.2 Å². The molecule has 21 heavy (non-hydrogen) atoms. The molecule has 2 unspecified atom stereocenters. The Labute approximate surface area is 127 Å². The predicted octanol–water partition coefficient (Wildman–Crippen LogP) is 3.90. The van der Waals surface area contributed by atoms with Gasteiger partial charge >= 0.3 is 0 Å². The zero-order valence-electron chi connectivity index (χ0n) is 12.8. The van der Waals surface area contributed by atoms with Gasteiger partial charge in [0.25, 0.3) is 0 Å². The Morgan fingerprint density at radius 3 is 2.67 bits per heavy atom. The van der Waals surface area contributed by atoms with Crippen LogP contribution < -0.4 is 10.1 Å². The van der Waals surface area contributed by atoms with Crippen molar-refractivity contribution in [2.45, 2.75) is 26.3 Å². The minimum atomic E-state index is 0.351. The van der Waals surface area contributed by atoms with Crippen molar-refractivity contribution in [1.29, 1.82) is 0 Å². The molecule has 0 aromatic heterocycles. The summed E-state index contributed by atoms with van der Waals surface area (Å²) in [4.78, 5) is 0. The first-order chi connectivity index (χ1) is 10.3. The van der Waals surface area contributed by atoms with Crippen LogP contribution in [0, 0.1) is 12.8 Å². The molecular formula is C19H23NO. The van der Waals surface area contributed by atoms with E-state index >= 15 is 0 Å². The number of ether oxygens (including phenoxy) is 1. The second-order valence-electron chi connectivity index (χ2n) is 5.83. The Morgan fingerprint density at radius 2 is 1.90 bits per heavy atom. The van der Waals surface area contributed by atoms with E-state index in [1.54, 1.807) is 0 Å². The fraction of sp³-hybridized carbons (Fsp3) is 0.368. The molecule has 1 aliphatic rings. The van der Waals surface area contributed by atoms with E-state index in [9.17, 15) is 0 Å². The van der Waals surface area contributed by atoms with Gasteiger partial charge in [0.15, 0.2) is 0 Å². The highest BCUT2D eigenvalue weighted by Gasteiger charge is 2.27. The zero-order valence-corrected chi connectivity index (χ0v) is 12.8. The van der Waals surface area contributed by atoms with Crippen LogP contribution in [-0.4, -0.2) is 13.2 Å². The summed E-state index contributed by atoms with van der Waals surface area (Å²) in [6, 6.07) is 17.6. The lowest BCUT2D eigenvalue weighted by atomic mass is 9.86. The van der Waals surface area contributed by atoms with E-state index in [0.29, 0.717) is 12.0 Å². The topological polar surface area (TPSA) is 21.3 Å². The van der Waals surface area contributed by atoms with E-state index < -0.39 is 0 Å². The first-order valence-corrected chi connectivity index (χ1v) is 7.78. The first-order valence-electron chi connectivity index (χ1n) is 7.78. The third-order valence-electron chi connectivity index (χ3n) is 4.24. The van der Waals surface area contributed by atoms with Crippen molar-refractivity contribution in [2.24, 2.45) is 5.92 Å². The molecule has 0 aliphatic carbocycles. The molecule has 3 rings (SSSR count). The molecule has 1 aliphatic heterocycles. The summed E-state index contributed by atoms with van der Waals surface area (Å²) in [7, 11) is 0. The van der Waals surface area contributed by atoms with Gasteiger partial charge in [0, 0.05) is 12.0 Å². The van der Waals surface area contributed by atoms with E-state index in [1.807, 2.05) is 6.07 Å². The molecular weight excluding hydrogens is 258 g/mol. The molecule has 0 fully saturated rings. The van der Waals surface area contributed by atoms with Gasteiger partial charge in [-0.05, 0) is 37.1 Å². The summed E-state index contributed by atoms with van der Waals surface area (Å²) in [5.41, 5.74) is 3.98. The van der Waals surface area contributed by atoms with Gasteiger partial charge in [-0.3, -0.25) is 0 Å². The minimum Gasteiger partial charge on any atom is -0.493 e. The first kappa shape index (κ1) is 14.2. The second-order valence-corrected chi connectivity index (χ2v) is 5.83. The maximum absolute atomic E-state index is 5.97. The summed E-state index contributed by atoms with van der Waals surface area (Å²) < 4.78 is 5.97. The molecule has 0 bridgehead atoms. The average Bonchev–Trinajstić information content (AvgIpc) is 2.53. The van der Waals surface area contributed by atoms with Gasteiger partial charge in [-0.25, -0.2) is 0 Å². The van der Waals surface area contributed by atoms with E-state index in [4.69, 9.17) is 4.74 Å². The van der Waals surface area contributed by atoms with Crippen molar-refractivity contribution < 1.29 is 4.74 Å².